The molecule has 0 atom stereocenters. The van der Waals surface area contributed by atoms with Crippen molar-refractivity contribution >= 4 is 23.5 Å². The maximum Gasteiger partial charge on any atom is 0.310 e. The summed E-state index contributed by atoms with van der Waals surface area (Å²) in [6.45, 7) is 0.342. The van der Waals surface area contributed by atoms with Crippen LogP contribution in [0.5, 0.6) is 0 Å². The number of esters is 1. The van der Waals surface area contributed by atoms with Crippen molar-refractivity contribution in [3.8, 4) is 0 Å². The average Bonchev–Trinajstić information content (AvgIpc) is 2.56. The molecule has 0 aliphatic heterocycles. The lowest BCUT2D eigenvalue weighted by atomic mass is 9.97. The van der Waals surface area contributed by atoms with Gasteiger partial charge in [0.1, 0.15) is 0 Å². The number of ether oxygens (including phenoxy) is 1. The van der Waals surface area contributed by atoms with Gasteiger partial charge in [0.05, 0.1) is 6.42 Å². The molecule has 124 valence electrons. The molecule has 0 saturated heterocycles. The third-order valence-electron chi connectivity index (χ3n) is 3.81. The smallest absolute Gasteiger partial charge is 0.310 e. The van der Waals surface area contributed by atoms with Crippen molar-refractivity contribution in [2.24, 2.45) is 0 Å². The van der Waals surface area contributed by atoms with Gasteiger partial charge in [0, 0.05) is 11.6 Å². The number of carbonyl (C=O) groups excluding carboxylic acids is 2. The van der Waals surface area contributed by atoms with Gasteiger partial charge in [0.2, 0.25) is 0 Å². The molecule has 0 radical (unpaired) electrons. The summed E-state index contributed by atoms with van der Waals surface area (Å²) >= 11 is 5.98. The van der Waals surface area contributed by atoms with Crippen molar-refractivity contribution in [3.63, 3.8) is 0 Å². The zero-order valence-corrected chi connectivity index (χ0v) is 13.9. The summed E-state index contributed by atoms with van der Waals surface area (Å²) in [6, 6.07) is 7.09. The Kier molecular flexibility index (Phi) is 7.14. The number of hydrogen-bond acceptors (Lipinski definition) is 3. The molecule has 1 N–H and O–H groups in total. The first-order valence-corrected chi connectivity index (χ1v) is 8.36. The van der Waals surface area contributed by atoms with E-state index in [2.05, 4.69) is 11.4 Å². The van der Waals surface area contributed by atoms with Gasteiger partial charge < -0.3 is 10.1 Å². The molecule has 0 heterocycles. The molecule has 1 aliphatic carbocycles. The summed E-state index contributed by atoms with van der Waals surface area (Å²) in [4.78, 5) is 23.4. The molecular formula is C18H22ClNO3. The standard InChI is InChI=1S/C18H22ClNO3/c19-16-9-5-4-8-15(16)12-18(22)23-13-17(21)20-11-10-14-6-2-1-3-7-14/h4-6,8-9H,1-3,7,10-13H2,(H,20,21). The first kappa shape index (κ1) is 17.5. The van der Waals surface area contributed by atoms with Crippen LogP contribution in [0.2, 0.25) is 5.02 Å². The summed E-state index contributed by atoms with van der Waals surface area (Å²) in [5, 5.41) is 3.30. The second-order valence-electron chi connectivity index (χ2n) is 5.64. The summed E-state index contributed by atoms with van der Waals surface area (Å²) < 4.78 is 4.98. The van der Waals surface area contributed by atoms with Crippen LogP contribution in [0.3, 0.4) is 0 Å². The van der Waals surface area contributed by atoms with Crippen LogP contribution < -0.4 is 5.32 Å². The van der Waals surface area contributed by atoms with Gasteiger partial charge >= 0.3 is 5.97 Å². The van der Waals surface area contributed by atoms with Crippen LogP contribution in [0.4, 0.5) is 0 Å². The minimum absolute atomic E-state index is 0.0693. The Morgan fingerprint density at radius 3 is 2.78 bits per heavy atom. The molecule has 0 aromatic heterocycles. The molecule has 23 heavy (non-hydrogen) atoms. The van der Waals surface area contributed by atoms with Crippen molar-refractivity contribution < 1.29 is 14.3 Å². The van der Waals surface area contributed by atoms with E-state index in [0.29, 0.717) is 17.1 Å². The molecule has 0 spiro atoms. The molecule has 0 bridgehead atoms. The molecular weight excluding hydrogens is 314 g/mol. The van der Waals surface area contributed by atoms with Crippen LogP contribution in [0.1, 0.15) is 37.7 Å². The Morgan fingerprint density at radius 2 is 2.04 bits per heavy atom. The average molecular weight is 336 g/mol. The summed E-state index contributed by atoms with van der Waals surface area (Å²) in [7, 11) is 0. The van der Waals surface area contributed by atoms with Gasteiger partial charge in [-0.1, -0.05) is 41.4 Å². The van der Waals surface area contributed by atoms with Crippen LogP contribution in [-0.4, -0.2) is 25.0 Å². The van der Waals surface area contributed by atoms with Gasteiger partial charge in [-0.15, -0.1) is 0 Å². The van der Waals surface area contributed by atoms with Gasteiger partial charge in [-0.25, -0.2) is 0 Å². The minimum atomic E-state index is -0.455. The third-order valence-corrected chi connectivity index (χ3v) is 4.18. The molecule has 0 unspecified atom stereocenters. The number of hydrogen-bond donors (Lipinski definition) is 1. The van der Waals surface area contributed by atoms with Crippen LogP contribution in [0.25, 0.3) is 0 Å². The Hall–Kier alpha value is -1.81. The molecule has 2 rings (SSSR count). The van der Waals surface area contributed by atoms with Crippen molar-refractivity contribution in [3.05, 3.63) is 46.5 Å². The number of nitrogens with one attached hydrogen (secondary N) is 1. The fourth-order valence-corrected chi connectivity index (χ4v) is 2.74. The highest BCUT2D eigenvalue weighted by molar-refractivity contribution is 6.31. The second kappa shape index (κ2) is 9.36. The summed E-state index contributed by atoms with van der Waals surface area (Å²) in [5.41, 5.74) is 2.11. The van der Waals surface area contributed by atoms with Gasteiger partial charge in [-0.3, -0.25) is 9.59 Å². The zero-order chi connectivity index (χ0) is 16.5. The first-order valence-electron chi connectivity index (χ1n) is 7.99. The van der Waals surface area contributed by atoms with E-state index < -0.39 is 5.97 Å². The SMILES string of the molecule is O=C(COC(=O)Cc1ccccc1Cl)NCCC1=CCCCC1. The molecule has 1 aromatic rings. The van der Waals surface area contributed by atoms with Gasteiger partial charge in [0.15, 0.2) is 6.61 Å². The zero-order valence-electron chi connectivity index (χ0n) is 13.1. The predicted molar refractivity (Wildman–Crippen MR) is 90.3 cm³/mol. The Bertz CT molecular complexity index is 583. The third kappa shape index (κ3) is 6.45. The molecule has 1 aromatic carbocycles. The summed E-state index contributed by atoms with van der Waals surface area (Å²) in [5.74, 6) is -0.725. The van der Waals surface area contributed by atoms with E-state index in [1.165, 1.54) is 18.4 Å². The van der Waals surface area contributed by atoms with Crippen LogP contribution in [0.15, 0.2) is 35.9 Å². The Labute approximate surface area is 141 Å². The highest BCUT2D eigenvalue weighted by Crippen LogP contribution is 2.19. The fraction of sp³-hybridized carbons (Fsp3) is 0.444. The van der Waals surface area contributed by atoms with E-state index >= 15 is 0 Å². The first-order chi connectivity index (χ1) is 11.1. The van der Waals surface area contributed by atoms with Crippen LogP contribution in [0, 0.1) is 0 Å². The van der Waals surface area contributed by atoms with E-state index in [1.807, 2.05) is 0 Å². The highest BCUT2D eigenvalue weighted by Gasteiger charge is 2.10. The predicted octanol–water partition coefficient (Wildman–Crippen LogP) is 3.43. The maximum absolute atomic E-state index is 11.7. The van der Waals surface area contributed by atoms with Crippen molar-refractivity contribution in [2.45, 2.75) is 38.5 Å². The van der Waals surface area contributed by atoms with E-state index in [1.54, 1.807) is 24.3 Å². The molecule has 0 fully saturated rings. The largest absolute Gasteiger partial charge is 0.455 e. The van der Waals surface area contributed by atoms with Crippen molar-refractivity contribution in [2.75, 3.05) is 13.2 Å². The van der Waals surface area contributed by atoms with E-state index in [0.717, 1.165) is 19.3 Å². The normalized spacial score (nSPS) is 14.0. The molecule has 0 saturated carbocycles. The van der Waals surface area contributed by atoms with Gasteiger partial charge in [-0.05, 0) is 43.7 Å². The Balaban J connectivity index is 1.63. The second-order valence-corrected chi connectivity index (χ2v) is 6.04. The van der Waals surface area contributed by atoms with Crippen LogP contribution >= 0.6 is 11.6 Å². The molecule has 1 aliphatic rings. The monoisotopic (exact) mass is 335 g/mol. The molecule has 5 heteroatoms. The number of amides is 1. The molecule has 4 nitrogen and oxygen atoms in total. The van der Waals surface area contributed by atoms with Gasteiger partial charge in [-0.2, -0.15) is 0 Å². The molecule has 1 amide bonds. The van der Waals surface area contributed by atoms with Crippen LogP contribution in [-0.2, 0) is 20.7 Å². The minimum Gasteiger partial charge on any atom is -0.455 e. The lowest BCUT2D eigenvalue weighted by Crippen LogP contribution is -2.30. The quantitative estimate of drug-likeness (QED) is 0.613. The number of allylic oxidation sites excluding steroid dienone is 1. The number of benzene rings is 1. The number of halogens is 1. The van der Waals surface area contributed by atoms with E-state index in [-0.39, 0.29) is 18.9 Å². The lowest BCUT2D eigenvalue weighted by Gasteiger charge is -2.13. The lowest BCUT2D eigenvalue weighted by molar-refractivity contribution is -0.147. The number of carbonyl (C=O) groups is 2. The van der Waals surface area contributed by atoms with E-state index in [9.17, 15) is 9.59 Å². The van der Waals surface area contributed by atoms with Crippen molar-refractivity contribution in [1.29, 1.82) is 0 Å². The van der Waals surface area contributed by atoms with Crippen molar-refractivity contribution in [1.82, 2.24) is 5.32 Å². The summed E-state index contributed by atoms with van der Waals surface area (Å²) in [6.07, 6.45) is 7.97. The topological polar surface area (TPSA) is 55.4 Å². The Morgan fingerprint density at radius 1 is 1.22 bits per heavy atom. The van der Waals surface area contributed by atoms with Gasteiger partial charge in [0.25, 0.3) is 5.91 Å². The maximum atomic E-state index is 11.7. The fourth-order valence-electron chi connectivity index (χ4n) is 2.54. The van der Waals surface area contributed by atoms with E-state index in [4.69, 9.17) is 16.3 Å². The highest BCUT2D eigenvalue weighted by atomic mass is 35.5. The number of rotatable bonds is 7.